The zero-order chi connectivity index (χ0) is 20.4. The maximum atomic E-state index is 14.0. The van der Waals surface area contributed by atoms with Gasteiger partial charge >= 0.3 is 0 Å². The number of ether oxygens (including phenoxy) is 2. The number of hydrogen-bond acceptors (Lipinski definition) is 5. The fraction of sp³-hybridized carbons (Fsp3) is 0.455. The lowest BCUT2D eigenvalue weighted by Crippen LogP contribution is -2.60. The van der Waals surface area contributed by atoms with E-state index in [1.165, 1.54) is 19.2 Å². The number of amides is 1. The molecular formula is C22H26FN3O3. The number of piperidine rings is 1. The summed E-state index contributed by atoms with van der Waals surface area (Å²) in [6, 6.07) is 9.01. The van der Waals surface area contributed by atoms with Crippen molar-refractivity contribution in [3.63, 3.8) is 0 Å². The molecule has 2 atom stereocenters. The van der Waals surface area contributed by atoms with Crippen LogP contribution in [0.5, 0.6) is 5.75 Å². The lowest BCUT2D eigenvalue weighted by molar-refractivity contribution is -0.115. The highest BCUT2D eigenvalue weighted by atomic mass is 19.1. The Morgan fingerprint density at radius 1 is 1.21 bits per heavy atom. The SMILES string of the molecule is COc1ccc(C(=O)N2CCC(N3C[C@H](OC)[C@@H]3c3cccnc3)CC2)cc1F. The van der Waals surface area contributed by atoms with Gasteiger partial charge in [-0.1, -0.05) is 6.07 Å². The third-order valence-corrected chi connectivity index (χ3v) is 6.05. The molecule has 0 spiro atoms. The molecule has 29 heavy (non-hydrogen) atoms. The monoisotopic (exact) mass is 399 g/mol. The Kier molecular flexibility index (Phi) is 5.78. The number of methoxy groups -OCH3 is 2. The zero-order valence-electron chi connectivity index (χ0n) is 16.8. The molecule has 2 aliphatic rings. The molecule has 1 aromatic heterocycles. The number of benzene rings is 1. The second-order valence-electron chi connectivity index (χ2n) is 7.57. The molecular weight excluding hydrogens is 373 g/mol. The Labute approximate surface area is 170 Å². The molecule has 0 N–H and O–H groups in total. The van der Waals surface area contributed by atoms with Crippen LogP contribution in [0.3, 0.4) is 0 Å². The van der Waals surface area contributed by atoms with E-state index in [-0.39, 0.29) is 23.8 Å². The first-order valence-electron chi connectivity index (χ1n) is 9.93. The quantitative estimate of drug-likeness (QED) is 0.774. The fourth-order valence-electron chi connectivity index (χ4n) is 4.42. The number of halogens is 1. The number of carbonyl (C=O) groups excluding carboxylic acids is 1. The van der Waals surface area contributed by atoms with Gasteiger partial charge in [0.05, 0.1) is 19.3 Å². The van der Waals surface area contributed by atoms with Crippen LogP contribution in [0, 0.1) is 5.82 Å². The Balaban J connectivity index is 1.39. The molecule has 2 aliphatic heterocycles. The Morgan fingerprint density at radius 2 is 2.00 bits per heavy atom. The molecule has 2 fully saturated rings. The number of likely N-dealkylation sites (tertiary alicyclic amines) is 2. The molecule has 0 saturated carbocycles. The summed E-state index contributed by atoms with van der Waals surface area (Å²) >= 11 is 0. The van der Waals surface area contributed by atoms with Crippen LogP contribution in [-0.2, 0) is 4.74 Å². The van der Waals surface area contributed by atoms with Gasteiger partial charge in [-0.2, -0.15) is 0 Å². The number of rotatable bonds is 5. The average molecular weight is 399 g/mol. The Morgan fingerprint density at radius 3 is 2.62 bits per heavy atom. The largest absolute Gasteiger partial charge is 0.494 e. The Bertz CT molecular complexity index is 856. The van der Waals surface area contributed by atoms with Gasteiger partial charge in [0.1, 0.15) is 0 Å². The minimum absolute atomic E-state index is 0.132. The second-order valence-corrected chi connectivity index (χ2v) is 7.57. The first-order valence-corrected chi connectivity index (χ1v) is 9.93. The minimum atomic E-state index is -0.515. The van der Waals surface area contributed by atoms with Crippen LogP contribution in [0.4, 0.5) is 4.39 Å². The van der Waals surface area contributed by atoms with Gasteiger partial charge < -0.3 is 14.4 Å². The van der Waals surface area contributed by atoms with Gasteiger partial charge in [0, 0.05) is 50.7 Å². The van der Waals surface area contributed by atoms with Crippen LogP contribution in [0.15, 0.2) is 42.7 Å². The van der Waals surface area contributed by atoms with Crippen molar-refractivity contribution in [1.29, 1.82) is 0 Å². The van der Waals surface area contributed by atoms with Crippen molar-refractivity contribution in [2.24, 2.45) is 0 Å². The van der Waals surface area contributed by atoms with Crippen molar-refractivity contribution in [3.8, 4) is 5.75 Å². The van der Waals surface area contributed by atoms with Crippen molar-refractivity contribution in [2.75, 3.05) is 33.9 Å². The van der Waals surface area contributed by atoms with E-state index in [1.807, 2.05) is 17.2 Å². The van der Waals surface area contributed by atoms with Gasteiger partial charge in [0.2, 0.25) is 0 Å². The molecule has 4 rings (SSSR count). The van der Waals surface area contributed by atoms with Crippen molar-refractivity contribution < 1.29 is 18.7 Å². The first-order chi connectivity index (χ1) is 14.1. The fourth-order valence-corrected chi connectivity index (χ4v) is 4.42. The van der Waals surface area contributed by atoms with Crippen molar-refractivity contribution in [1.82, 2.24) is 14.8 Å². The van der Waals surface area contributed by atoms with Gasteiger partial charge in [-0.3, -0.25) is 14.7 Å². The van der Waals surface area contributed by atoms with Crippen LogP contribution in [0.25, 0.3) is 0 Å². The molecule has 1 amide bonds. The van der Waals surface area contributed by atoms with E-state index in [9.17, 15) is 9.18 Å². The van der Waals surface area contributed by atoms with Crippen LogP contribution >= 0.6 is 0 Å². The molecule has 154 valence electrons. The third kappa shape index (κ3) is 3.84. The van der Waals surface area contributed by atoms with Crippen LogP contribution in [0.2, 0.25) is 0 Å². The predicted molar refractivity (Wildman–Crippen MR) is 106 cm³/mol. The van der Waals surface area contributed by atoms with E-state index in [0.29, 0.717) is 24.7 Å². The topological polar surface area (TPSA) is 54.9 Å². The van der Waals surface area contributed by atoms with Gasteiger partial charge in [0.15, 0.2) is 11.6 Å². The predicted octanol–water partition coefficient (Wildman–Crippen LogP) is 2.91. The van der Waals surface area contributed by atoms with E-state index in [2.05, 4.69) is 16.0 Å². The minimum Gasteiger partial charge on any atom is -0.494 e. The lowest BCUT2D eigenvalue weighted by Gasteiger charge is -2.52. The molecule has 2 saturated heterocycles. The summed E-state index contributed by atoms with van der Waals surface area (Å²) in [7, 11) is 3.16. The number of pyridine rings is 1. The summed E-state index contributed by atoms with van der Waals surface area (Å²) in [6.07, 6.45) is 5.62. The van der Waals surface area contributed by atoms with Gasteiger partial charge in [-0.05, 0) is 42.7 Å². The molecule has 3 heterocycles. The normalized spacial score (nSPS) is 22.9. The smallest absolute Gasteiger partial charge is 0.253 e. The summed E-state index contributed by atoms with van der Waals surface area (Å²) in [5, 5.41) is 0. The van der Waals surface area contributed by atoms with E-state index >= 15 is 0 Å². The zero-order valence-corrected chi connectivity index (χ0v) is 16.8. The lowest BCUT2D eigenvalue weighted by atomic mass is 9.87. The molecule has 6 nitrogen and oxygen atoms in total. The highest BCUT2D eigenvalue weighted by Gasteiger charge is 2.44. The summed E-state index contributed by atoms with van der Waals surface area (Å²) in [5.74, 6) is -0.502. The molecule has 0 radical (unpaired) electrons. The highest BCUT2D eigenvalue weighted by molar-refractivity contribution is 5.94. The molecule has 7 heteroatoms. The standard InChI is InChI=1S/C22H26FN3O3/c1-28-19-6-5-15(12-18(19)23)22(27)25-10-7-17(8-11-25)26-14-20(29-2)21(26)16-4-3-9-24-13-16/h3-6,9,12-13,17,20-21H,7-8,10-11,14H2,1-2H3/t20-,21-/m0/s1. The van der Waals surface area contributed by atoms with Crippen LogP contribution in [0.1, 0.15) is 34.8 Å². The first kappa shape index (κ1) is 19.8. The second kappa shape index (κ2) is 8.47. The molecule has 0 unspecified atom stereocenters. The van der Waals surface area contributed by atoms with Crippen LogP contribution < -0.4 is 4.74 Å². The number of carbonyl (C=O) groups is 1. The summed E-state index contributed by atoms with van der Waals surface area (Å²) in [5.41, 5.74) is 1.52. The van der Waals surface area contributed by atoms with E-state index in [4.69, 9.17) is 9.47 Å². The van der Waals surface area contributed by atoms with Crippen LogP contribution in [-0.4, -0.2) is 66.7 Å². The Hall–Kier alpha value is -2.51. The van der Waals surface area contributed by atoms with Crippen molar-refractivity contribution in [2.45, 2.75) is 31.0 Å². The van der Waals surface area contributed by atoms with E-state index < -0.39 is 5.82 Å². The maximum absolute atomic E-state index is 14.0. The molecule has 2 aromatic rings. The molecule has 1 aromatic carbocycles. The van der Waals surface area contributed by atoms with Gasteiger partial charge in [-0.15, -0.1) is 0 Å². The summed E-state index contributed by atoms with van der Waals surface area (Å²) in [6.45, 7) is 2.20. The highest BCUT2D eigenvalue weighted by Crippen LogP contribution is 2.39. The maximum Gasteiger partial charge on any atom is 0.253 e. The van der Waals surface area contributed by atoms with E-state index in [0.717, 1.165) is 24.9 Å². The average Bonchev–Trinajstić information content (AvgIpc) is 2.74. The summed E-state index contributed by atoms with van der Waals surface area (Å²) < 4.78 is 24.5. The van der Waals surface area contributed by atoms with Gasteiger partial charge in [0.25, 0.3) is 5.91 Å². The van der Waals surface area contributed by atoms with Gasteiger partial charge in [-0.25, -0.2) is 4.39 Å². The third-order valence-electron chi connectivity index (χ3n) is 6.05. The number of hydrogen-bond donors (Lipinski definition) is 0. The van der Waals surface area contributed by atoms with Crippen molar-refractivity contribution in [3.05, 3.63) is 59.7 Å². The number of aromatic nitrogens is 1. The number of nitrogens with zero attached hydrogens (tertiary/aromatic N) is 3. The van der Waals surface area contributed by atoms with E-state index in [1.54, 1.807) is 19.4 Å². The summed E-state index contributed by atoms with van der Waals surface area (Å²) in [4.78, 5) is 21.3. The molecule has 0 aliphatic carbocycles. The van der Waals surface area contributed by atoms with Crippen molar-refractivity contribution >= 4 is 5.91 Å². The molecule has 0 bridgehead atoms.